The van der Waals surface area contributed by atoms with E-state index >= 15 is 0 Å². The van der Waals surface area contributed by atoms with Crippen LogP contribution in [0.2, 0.25) is 0 Å². The number of hydrogen-bond donors (Lipinski definition) is 2. The maximum atomic E-state index is 12.4. The number of hydrogen-bond acceptors (Lipinski definition) is 6. The number of pyridine rings is 2. The largest absolute Gasteiger partial charge is 1.00 e. The summed E-state index contributed by atoms with van der Waals surface area (Å²) in [6.07, 6.45) is 1.54. The van der Waals surface area contributed by atoms with Crippen LogP contribution in [0.25, 0.3) is 44.1 Å². The molecule has 0 aliphatic rings. The molecule has 5 aromatic rings. The standard InChI is InChI=1S/C24H16N2O6S2.4Na.Ru.4H/c27-33(28,29)23-20(16-9-5-2-6-10-16)19-12-11-18-17(15-7-3-1-4-8-15)13-14-25-21(18)22(19)26-24(23)34(30,31)32;;;;;;;;;/h1-14H,(H,27,28,29)(H,30,31,32);;;;;;;;;/q;4*+1;;4*-1. The molecular formula is C24H20N2Na4O6RuS2. The van der Waals surface area contributed by atoms with Gasteiger partial charge in [0.25, 0.3) is 10.1 Å². The molecule has 0 bridgehead atoms. The van der Waals surface area contributed by atoms with Gasteiger partial charge < -0.3 is 5.71 Å². The molecule has 186 valence electrons. The van der Waals surface area contributed by atoms with Gasteiger partial charge in [0.2, 0.25) is 5.03 Å². The number of fused-ring (bicyclic) bond motifs is 3. The molecule has 5 rings (SSSR count). The van der Waals surface area contributed by atoms with E-state index < -0.39 is 30.2 Å². The van der Waals surface area contributed by atoms with Gasteiger partial charge in [0.05, 0.1) is 11.0 Å². The van der Waals surface area contributed by atoms with Gasteiger partial charge in [0.15, 0.2) is 0 Å². The van der Waals surface area contributed by atoms with Crippen LogP contribution in [0.1, 0.15) is 5.71 Å². The Morgan fingerprint density at radius 1 is 0.615 bits per heavy atom. The van der Waals surface area contributed by atoms with Crippen molar-refractivity contribution < 1.29 is 169 Å². The topological polar surface area (TPSA) is 135 Å². The van der Waals surface area contributed by atoms with Gasteiger partial charge in [-0.1, -0.05) is 72.8 Å². The molecule has 3 aromatic carbocycles. The minimum atomic E-state index is -5.15. The summed E-state index contributed by atoms with van der Waals surface area (Å²) in [6.45, 7) is 0. The molecule has 15 heteroatoms. The first-order valence-corrected chi connectivity index (χ1v) is 12.9. The number of aromatic nitrogens is 2. The van der Waals surface area contributed by atoms with E-state index in [1.54, 1.807) is 48.5 Å². The van der Waals surface area contributed by atoms with Crippen molar-refractivity contribution in [3.05, 3.63) is 85.1 Å². The molecule has 0 aliphatic heterocycles. The second kappa shape index (κ2) is 16.1. The zero-order chi connectivity index (χ0) is 24.1. The monoisotopic (exact) mass is 690 g/mol. The van der Waals surface area contributed by atoms with Crippen LogP contribution in [-0.4, -0.2) is 35.9 Å². The van der Waals surface area contributed by atoms with E-state index in [-0.39, 0.29) is 160 Å². The average molecular weight is 690 g/mol. The molecule has 0 aliphatic carbocycles. The number of benzene rings is 3. The fraction of sp³-hybridized carbons (Fsp3) is 0. The molecule has 0 fully saturated rings. The van der Waals surface area contributed by atoms with Crippen molar-refractivity contribution in [1.82, 2.24) is 9.97 Å². The summed E-state index contributed by atoms with van der Waals surface area (Å²) in [5.41, 5.74) is 2.28. The van der Waals surface area contributed by atoms with E-state index in [0.29, 0.717) is 16.5 Å². The molecule has 2 heterocycles. The molecular weight excluding hydrogens is 669 g/mol. The quantitative estimate of drug-likeness (QED) is 0.108. The second-order valence-corrected chi connectivity index (χ2v) is 10.2. The van der Waals surface area contributed by atoms with Gasteiger partial charge in [-0.3, -0.25) is 14.1 Å². The fourth-order valence-corrected chi connectivity index (χ4v) is 6.00. The second-order valence-electron chi connectivity index (χ2n) is 7.52. The molecule has 0 unspecified atom stereocenters. The summed E-state index contributed by atoms with van der Waals surface area (Å²) in [5.74, 6) is 0. The third-order valence-corrected chi connectivity index (χ3v) is 7.27. The first kappa shape index (κ1) is 39.9. The van der Waals surface area contributed by atoms with Gasteiger partial charge in [-0.05, 0) is 22.8 Å². The third kappa shape index (κ3) is 8.31. The average Bonchev–Trinajstić information content (AvgIpc) is 2.82. The Kier molecular flexibility index (Phi) is 16.5. The predicted octanol–water partition coefficient (Wildman–Crippen LogP) is -6.93. The van der Waals surface area contributed by atoms with Crippen LogP contribution in [0.15, 0.2) is 95.0 Å². The molecule has 0 saturated heterocycles. The van der Waals surface area contributed by atoms with Gasteiger partial charge >= 0.3 is 128 Å². The zero-order valence-corrected chi connectivity index (χ0v) is 33.0. The fourth-order valence-electron chi connectivity index (χ4n) is 4.08. The van der Waals surface area contributed by atoms with Crippen LogP contribution < -0.4 is 118 Å². The van der Waals surface area contributed by atoms with E-state index in [1.807, 2.05) is 30.3 Å². The van der Waals surface area contributed by atoms with Crippen LogP contribution in [0.5, 0.6) is 0 Å². The van der Waals surface area contributed by atoms with E-state index in [2.05, 4.69) is 9.97 Å². The Balaban J connectivity index is -0.000000535. The molecule has 2 N–H and O–H groups in total. The normalized spacial score (nSPS) is 10.7. The van der Waals surface area contributed by atoms with E-state index in [9.17, 15) is 25.9 Å². The van der Waals surface area contributed by atoms with Crippen molar-refractivity contribution in [2.75, 3.05) is 0 Å². The van der Waals surface area contributed by atoms with Crippen LogP contribution in [-0.2, 0) is 39.7 Å². The molecule has 0 saturated carbocycles. The summed E-state index contributed by atoms with van der Waals surface area (Å²) in [7, 11) is -10.3. The molecule has 0 radical (unpaired) electrons. The van der Waals surface area contributed by atoms with Gasteiger partial charge in [-0.15, -0.1) is 0 Å². The number of rotatable bonds is 4. The van der Waals surface area contributed by atoms with Crippen LogP contribution in [0, 0.1) is 0 Å². The van der Waals surface area contributed by atoms with Crippen molar-refractivity contribution in [3.8, 4) is 22.3 Å². The first-order chi connectivity index (χ1) is 16.2. The summed E-state index contributed by atoms with van der Waals surface area (Å²) < 4.78 is 69.1. The van der Waals surface area contributed by atoms with Crippen molar-refractivity contribution in [3.63, 3.8) is 0 Å². The Morgan fingerprint density at radius 3 is 1.64 bits per heavy atom. The maximum absolute atomic E-state index is 12.4. The Labute approximate surface area is 333 Å². The summed E-state index contributed by atoms with van der Waals surface area (Å²) in [6, 6.07) is 22.7. The molecule has 0 amide bonds. The molecule has 39 heavy (non-hydrogen) atoms. The van der Waals surface area contributed by atoms with E-state index in [0.717, 1.165) is 11.1 Å². The Hall–Kier alpha value is 0.923. The minimum Gasteiger partial charge on any atom is -1.00 e. The molecule has 0 atom stereocenters. The van der Waals surface area contributed by atoms with Gasteiger partial charge in [0, 0.05) is 42.0 Å². The zero-order valence-electron chi connectivity index (χ0n) is 25.7. The van der Waals surface area contributed by atoms with Crippen molar-refractivity contribution in [1.29, 1.82) is 0 Å². The van der Waals surface area contributed by atoms with Gasteiger partial charge in [-0.2, -0.15) is 16.8 Å². The summed E-state index contributed by atoms with van der Waals surface area (Å²) in [5, 5.41) is -0.272. The summed E-state index contributed by atoms with van der Waals surface area (Å²) >= 11 is 0. The first-order valence-electron chi connectivity index (χ1n) is 9.97. The van der Waals surface area contributed by atoms with Gasteiger partial charge in [-0.25, -0.2) is 4.98 Å². The SMILES string of the molecule is O=S(=O)(O)c1nc2c(ccc3c(-c4ccccc4)ccnc32)c(-c2ccccc2)c1S(=O)(=O)O.[H-].[H-].[H-].[H-].[Na+].[Na+].[Na+].[Na+].[Ru]. The van der Waals surface area contributed by atoms with Crippen LogP contribution in [0.4, 0.5) is 0 Å². The van der Waals surface area contributed by atoms with E-state index in [4.69, 9.17) is 0 Å². The van der Waals surface area contributed by atoms with Crippen molar-refractivity contribution in [2.24, 2.45) is 0 Å². The smallest absolute Gasteiger partial charge is 1.00 e. The van der Waals surface area contributed by atoms with Crippen LogP contribution >= 0.6 is 0 Å². The van der Waals surface area contributed by atoms with Crippen molar-refractivity contribution >= 4 is 42.0 Å². The van der Waals surface area contributed by atoms with Crippen molar-refractivity contribution in [2.45, 2.75) is 9.92 Å². The third-order valence-electron chi connectivity index (χ3n) is 5.44. The summed E-state index contributed by atoms with van der Waals surface area (Å²) in [4.78, 5) is 7.42. The predicted molar refractivity (Wildman–Crippen MR) is 132 cm³/mol. The Morgan fingerprint density at radius 2 is 1.13 bits per heavy atom. The molecule has 0 spiro atoms. The van der Waals surface area contributed by atoms with Gasteiger partial charge in [0.1, 0.15) is 4.90 Å². The van der Waals surface area contributed by atoms with Crippen LogP contribution in [0.3, 0.4) is 0 Å². The maximum Gasteiger partial charge on any atom is 1.00 e. The number of nitrogens with zero attached hydrogens (tertiary/aromatic N) is 2. The van der Waals surface area contributed by atoms with E-state index in [1.165, 1.54) is 6.20 Å². The Bertz CT molecular complexity index is 1830. The molecule has 8 nitrogen and oxygen atoms in total. The minimum absolute atomic E-state index is 0. The molecule has 2 aromatic heterocycles.